The summed E-state index contributed by atoms with van der Waals surface area (Å²) in [5.41, 5.74) is 9.36. The Hall–Kier alpha value is -2.41. The standard InChI is InChI=1S/C18H19Cl2N3O3/c19-13-5-1-11(2-6-13)9-15(10-12-3-7-14(20)8-4-12)26-17(21)16(23-22)18(24)25/h1-8,15,23H,9-10,21-22H2,(H,24,25)/b17-16+. The molecular formula is C18H19Cl2N3O3. The first-order valence-corrected chi connectivity index (χ1v) is 8.50. The summed E-state index contributed by atoms with van der Waals surface area (Å²) < 4.78 is 5.70. The molecule has 0 saturated heterocycles. The maximum atomic E-state index is 11.2. The molecule has 6 N–H and O–H groups in total. The number of carboxylic acid groups (broad SMARTS) is 1. The van der Waals surface area contributed by atoms with E-state index in [-0.39, 0.29) is 5.88 Å². The van der Waals surface area contributed by atoms with Gasteiger partial charge in [-0.25, -0.2) is 4.79 Å². The first kappa shape index (κ1) is 19.9. The second kappa shape index (κ2) is 9.33. The molecule has 0 heterocycles. The summed E-state index contributed by atoms with van der Waals surface area (Å²) in [5.74, 6) is 3.62. The highest BCUT2D eigenvalue weighted by Gasteiger charge is 2.18. The summed E-state index contributed by atoms with van der Waals surface area (Å²) in [6.07, 6.45) is 0.579. The zero-order valence-corrected chi connectivity index (χ0v) is 15.3. The highest BCUT2D eigenvalue weighted by Crippen LogP contribution is 2.18. The Morgan fingerprint density at radius 3 is 1.77 bits per heavy atom. The van der Waals surface area contributed by atoms with Crippen LogP contribution in [-0.2, 0) is 22.4 Å². The number of nitrogens with two attached hydrogens (primary N) is 2. The minimum absolute atomic E-state index is 0.284. The molecule has 26 heavy (non-hydrogen) atoms. The van der Waals surface area contributed by atoms with Crippen LogP contribution in [0.2, 0.25) is 10.0 Å². The summed E-state index contributed by atoms with van der Waals surface area (Å²) >= 11 is 11.8. The molecule has 0 aliphatic rings. The first-order valence-electron chi connectivity index (χ1n) is 7.74. The zero-order valence-electron chi connectivity index (χ0n) is 13.8. The van der Waals surface area contributed by atoms with Gasteiger partial charge in [0.1, 0.15) is 6.10 Å². The molecule has 0 aliphatic carbocycles. The number of hydrazine groups is 1. The van der Waals surface area contributed by atoms with E-state index in [9.17, 15) is 4.79 Å². The minimum atomic E-state index is -1.30. The van der Waals surface area contributed by atoms with Gasteiger partial charge >= 0.3 is 5.97 Å². The van der Waals surface area contributed by atoms with Gasteiger partial charge in [0, 0.05) is 22.9 Å². The average molecular weight is 396 g/mol. The molecule has 0 amide bonds. The molecule has 0 radical (unpaired) electrons. The lowest BCUT2D eigenvalue weighted by Gasteiger charge is -2.21. The number of ether oxygens (including phenoxy) is 1. The topological polar surface area (TPSA) is 111 Å². The van der Waals surface area contributed by atoms with E-state index in [0.717, 1.165) is 11.1 Å². The third-order valence-electron chi connectivity index (χ3n) is 3.65. The normalized spacial score (nSPS) is 11.8. The van der Waals surface area contributed by atoms with E-state index in [1.807, 2.05) is 29.7 Å². The Labute approximate surface area is 161 Å². The third-order valence-corrected chi connectivity index (χ3v) is 4.16. The van der Waals surface area contributed by atoms with E-state index in [0.29, 0.717) is 22.9 Å². The van der Waals surface area contributed by atoms with Crippen molar-refractivity contribution in [1.29, 1.82) is 0 Å². The van der Waals surface area contributed by atoms with E-state index in [1.165, 1.54) is 0 Å². The zero-order chi connectivity index (χ0) is 19.1. The summed E-state index contributed by atoms with van der Waals surface area (Å²) in [5, 5.41) is 10.4. The number of nitrogens with one attached hydrogen (secondary N) is 1. The van der Waals surface area contributed by atoms with Crippen LogP contribution in [0.1, 0.15) is 11.1 Å². The molecule has 2 aromatic rings. The smallest absolute Gasteiger partial charge is 0.358 e. The molecule has 0 unspecified atom stereocenters. The Kier molecular flexibility index (Phi) is 7.15. The average Bonchev–Trinajstić information content (AvgIpc) is 2.59. The van der Waals surface area contributed by atoms with Crippen LogP contribution in [-0.4, -0.2) is 17.2 Å². The van der Waals surface area contributed by atoms with E-state index in [4.69, 9.17) is 44.6 Å². The van der Waals surface area contributed by atoms with Crippen LogP contribution in [0, 0.1) is 0 Å². The molecule has 138 valence electrons. The lowest BCUT2D eigenvalue weighted by Crippen LogP contribution is -2.33. The van der Waals surface area contributed by atoms with Gasteiger partial charge in [0.15, 0.2) is 5.70 Å². The summed E-state index contributed by atoms with van der Waals surface area (Å²) in [7, 11) is 0. The number of hydrogen-bond acceptors (Lipinski definition) is 5. The molecule has 2 aromatic carbocycles. The third kappa shape index (κ3) is 5.84. The summed E-state index contributed by atoms with van der Waals surface area (Å²) in [6, 6.07) is 14.6. The van der Waals surface area contributed by atoms with E-state index >= 15 is 0 Å². The number of halogens is 2. The molecule has 0 atom stereocenters. The second-order valence-corrected chi connectivity index (χ2v) is 6.46. The molecule has 0 bridgehead atoms. The van der Waals surface area contributed by atoms with Gasteiger partial charge in [0.05, 0.1) is 0 Å². The van der Waals surface area contributed by atoms with E-state index < -0.39 is 17.8 Å². The van der Waals surface area contributed by atoms with Gasteiger partial charge in [-0.3, -0.25) is 5.84 Å². The van der Waals surface area contributed by atoms with Crippen molar-refractivity contribution in [3.8, 4) is 0 Å². The number of carbonyl (C=O) groups is 1. The molecule has 0 aromatic heterocycles. The molecular weight excluding hydrogens is 377 g/mol. The highest BCUT2D eigenvalue weighted by atomic mass is 35.5. The van der Waals surface area contributed by atoms with Crippen LogP contribution in [0.3, 0.4) is 0 Å². The number of hydrogen-bond donors (Lipinski definition) is 4. The largest absolute Gasteiger partial charge is 0.476 e. The van der Waals surface area contributed by atoms with Crippen molar-refractivity contribution in [3.63, 3.8) is 0 Å². The van der Waals surface area contributed by atoms with Gasteiger partial charge < -0.3 is 21.0 Å². The predicted octanol–water partition coefficient (Wildman–Crippen LogP) is 2.84. The van der Waals surface area contributed by atoms with Gasteiger partial charge in [-0.15, -0.1) is 0 Å². The van der Waals surface area contributed by atoms with Crippen LogP contribution in [0.15, 0.2) is 60.1 Å². The summed E-state index contributed by atoms with van der Waals surface area (Å²) in [6.45, 7) is 0. The van der Waals surface area contributed by atoms with E-state index in [1.54, 1.807) is 24.3 Å². The highest BCUT2D eigenvalue weighted by molar-refractivity contribution is 6.30. The van der Waals surface area contributed by atoms with Crippen LogP contribution in [0.25, 0.3) is 0 Å². The van der Waals surface area contributed by atoms with Gasteiger partial charge in [-0.05, 0) is 35.4 Å². The number of carboxylic acids is 1. The Morgan fingerprint density at radius 1 is 1.00 bits per heavy atom. The Bertz CT molecular complexity index is 730. The molecule has 6 nitrogen and oxygen atoms in total. The molecule has 0 saturated carbocycles. The molecule has 0 spiro atoms. The SMILES string of the molecule is NN/C(C(=O)O)=C(\N)OC(Cc1ccc(Cl)cc1)Cc1ccc(Cl)cc1. The van der Waals surface area contributed by atoms with E-state index in [2.05, 4.69) is 0 Å². The molecule has 8 heteroatoms. The first-order chi connectivity index (χ1) is 12.4. The molecule has 2 rings (SSSR count). The van der Waals surface area contributed by atoms with Crippen molar-refractivity contribution < 1.29 is 14.6 Å². The van der Waals surface area contributed by atoms with Crippen molar-refractivity contribution >= 4 is 29.2 Å². The fourth-order valence-corrected chi connectivity index (χ4v) is 2.65. The maximum Gasteiger partial charge on any atom is 0.358 e. The quantitative estimate of drug-likeness (QED) is 0.236. The second-order valence-electron chi connectivity index (χ2n) is 5.59. The van der Waals surface area contributed by atoms with Crippen molar-refractivity contribution in [1.82, 2.24) is 5.43 Å². The van der Waals surface area contributed by atoms with Crippen molar-refractivity contribution in [2.75, 3.05) is 0 Å². The minimum Gasteiger partial charge on any atom is -0.476 e. The number of benzene rings is 2. The predicted molar refractivity (Wildman–Crippen MR) is 101 cm³/mol. The number of aliphatic carboxylic acids is 1. The fraction of sp³-hybridized carbons (Fsp3) is 0.167. The van der Waals surface area contributed by atoms with Gasteiger partial charge in [-0.1, -0.05) is 47.5 Å². The van der Waals surface area contributed by atoms with Crippen LogP contribution < -0.4 is 17.0 Å². The number of rotatable bonds is 8. The fourth-order valence-electron chi connectivity index (χ4n) is 2.40. The van der Waals surface area contributed by atoms with Crippen molar-refractivity contribution in [2.45, 2.75) is 18.9 Å². The lowest BCUT2D eigenvalue weighted by atomic mass is 10.0. The maximum absolute atomic E-state index is 11.2. The van der Waals surface area contributed by atoms with Crippen LogP contribution in [0.4, 0.5) is 0 Å². The molecule has 0 aliphatic heterocycles. The Balaban J connectivity index is 2.23. The van der Waals surface area contributed by atoms with Gasteiger partial charge in [0.25, 0.3) is 0 Å². The van der Waals surface area contributed by atoms with Crippen molar-refractivity contribution in [3.05, 3.63) is 81.3 Å². The Morgan fingerprint density at radius 2 is 1.42 bits per heavy atom. The monoisotopic (exact) mass is 395 g/mol. The van der Waals surface area contributed by atoms with Crippen molar-refractivity contribution in [2.24, 2.45) is 11.6 Å². The summed E-state index contributed by atoms with van der Waals surface area (Å²) in [4.78, 5) is 11.2. The molecule has 0 fully saturated rings. The lowest BCUT2D eigenvalue weighted by molar-refractivity contribution is -0.133. The van der Waals surface area contributed by atoms with Gasteiger partial charge in [0.2, 0.25) is 5.88 Å². The van der Waals surface area contributed by atoms with Crippen LogP contribution >= 0.6 is 23.2 Å². The van der Waals surface area contributed by atoms with Gasteiger partial charge in [-0.2, -0.15) is 0 Å². The van der Waals surface area contributed by atoms with Crippen LogP contribution in [0.5, 0.6) is 0 Å².